The van der Waals surface area contributed by atoms with Gasteiger partial charge in [0.1, 0.15) is 11.4 Å². The Kier molecular flexibility index (Phi) is 11.7. The average molecular weight is 701 g/mol. The molecule has 0 spiro atoms. The van der Waals surface area contributed by atoms with Crippen LogP contribution in [0.1, 0.15) is 67.4 Å². The van der Waals surface area contributed by atoms with Crippen LogP contribution < -0.4 is 18.9 Å². The van der Waals surface area contributed by atoms with Crippen molar-refractivity contribution in [3.8, 4) is 17.2 Å². The Balaban J connectivity index is 1.41. The minimum Gasteiger partial charge on any atom is -0.490 e. The lowest BCUT2D eigenvalue weighted by Crippen LogP contribution is -2.47. The summed E-state index contributed by atoms with van der Waals surface area (Å²) in [4.78, 5) is 18.2. The third-order valence-electron chi connectivity index (χ3n) is 8.92. The maximum absolute atomic E-state index is 14.4. The number of aliphatic hydroxyl groups excluding tert-OH is 1. The largest absolute Gasteiger partial charge is 0.490 e. The van der Waals surface area contributed by atoms with Crippen molar-refractivity contribution in [1.82, 2.24) is 15.0 Å². The van der Waals surface area contributed by atoms with E-state index >= 15 is 0 Å². The van der Waals surface area contributed by atoms with Crippen LogP contribution in [-0.4, -0.2) is 92.8 Å². The topological polar surface area (TPSA) is 153 Å². The number of fused-ring (bicyclic) bond motifs is 2. The third-order valence-corrected chi connectivity index (χ3v) is 10.5. The van der Waals surface area contributed by atoms with Crippen molar-refractivity contribution in [2.45, 2.75) is 83.6 Å². The van der Waals surface area contributed by atoms with Gasteiger partial charge >= 0.3 is 0 Å². The Morgan fingerprint density at radius 2 is 1.84 bits per heavy atom. The number of hydrogen-bond donors (Lipinski definition) is 2. The lowest BCUT2D eigenvalue weighted by atomic mass is 10.0. The van der Waals surface area contributed by atoms with E-state index in [-0.39, 0.29) is 65.7 Å². The van der Waals surface area contributed by atoms with Crippen molar-refractivity contribution < 1.29 is 41.8 Å². The maximum atomic E-state index is 14.4. The van der Waals surface area contributed by atoms with Gasteiger partial charge in [-0.3, -0.25) is 14.4 Å². The molecule has 4 atom stereocenters. The fourth-order valence-electron chi connectivity index (χ4n) is 6.24. The second kappa shape index (κ2) is 15.8. The van der Waals surface area contributed by atoms with E-state index in [0.717, 1.165) is 36.3 Å². The molecule has 13 nitrogen and oxygen atoms in total. The molecule has 0 bridgehead atoms. The van der Waals surface area contributed by atoms with Crippen LogP contribution in [0.4, 0.5) is 5.69 Å². The van der Waals surface area contributed by atoms with E-state index in [2.05, 4.69) is 14.8 Å². The van der Waals surface area contributed by atoms with Crippen LogP contribution in [-0.2, 0) is 21.3 Å². The van der Waals surface area contributed by atoms with Crippen molar-refractivity contribution in [3.63, 3.8) is 0 Å². The van der Waals surface area contributed by atoms with Crippen LogP contribution in [0.25, 0.3) is 0 Å². The van der Waals surface area contributed by atoms with Gasteiger partial charge < -0.3 is 33.5 Å². The molecule has 2 N–H and O–H groups in total. The number of sulfonamides is 1. The van der Waals surface area contributed by atoms with E-state index < -0.39 is 22.0 Å². The number of hydrogen-bond acceptors (Lipinski definition) is 11. The molecule has 14 heteroatoms. The standard InChI is InChI=1S/C35H48N4O9S/c1-22-17-39(23(2)20-40)35(41)29-16-28(37-49(42,43)34-25(4)36-48-26(34)5)11-13-30(29)47-24(3)9-7-8-14-44-33(22)19-38(6)18-27-10-12-31-32(15-27)46-21-45-31/h10-13,15-16,22-24,33,37,40H,7-9,14,17-21H2,1-6H3/t22-,23-,24-,33+/m1/s1. The number of aliphatic hydroxyl groups is 1. The number of ether oxygens (including phenoxy) is 4. The van der Waals surface area contributed by atoms with Crippen LogP contribution in [0, 0.1) is 19.8 Å². The van der Waals surface area contributed by atoms with E-state index in [1.807, 2.05) is 39.1 Å². The average Bonchev–Trinajstić information content (AvgIpc) is 3.67. The predicted molar refractivity (Wildman–Crippen MR) is 183 cm³/mol. The molecule has 268 valence electrons. The Bertz CT molecular complexity index is 1690. The molecule has 1 aromatic heterocycles. The van der Waals surface area contributed by atoms with E-state index in [4.69, 9.17) is 23.5 Å². The molecule has 1 amide bonds. The van der Waals surface area contributed by atoms with Gasteiger partial charge in [0.2, 0.25) is 6.79 Å². The highest BCUT2D eigenvalue weighted by Crippen LogP contribution is 2.33. The molecule has 5 rings (SSSR count). The zero-order valence-corrected chi connectivity index (χ0v) is 29.9. The van der Waals surface area contributed by atoms with E-state index in [9.17, 15) is 18.3 Å². The second-order valence-electron chi connectivity index (χ2n) is 13.2. The summed E-state index contributed by atoms with van der Waals surface area (Å²) in [7, 11) is -2.04. The van der Waals surface area contributed by atoms with E-state index in [1.165, 1.54) is 13.0 Å². The highest BCUT2D eigenvalue weighted by atomic mass is 32.2. The Morgan fingerprint density at radius 1 is 1.08 bits per heavy atom. The van der Waals surface area contributed by atoms with Crippen molar-refractivity contribution in [3.05, 3.63) is 59.0 Å². The fraction of sp³-hybridized carbons (Fsp3) is 0.543. The SMILES string of the molecule is Cc1noc(C)c1S(=O)(=O)Nc1ccc2c(c1)C(=O)N([C@H](C)CO)C[C@@H](C)[C@H](CN(C)Cc1ccc3c(c1)OCO3)OCCCC[C@@H](C)O2. The minimum absolute atomic E-state index is 0.0531. The molecule has 3 aromatic rings. The van der Waals surface area contributed by atoms with Crippen LogP contribution in [0.15, 0.2) is 45.8 Å². The normalized spacial score (nSPS) is 21.2. The quantitative estimate of drug-likeness (QED) is 0.318. The summed E-state index contributed by atoms with van der Waals surface area (Å²) in [5.74, 6) is 1.46. The van der Waals surface area contributed by atoms with Gasteiger partial charge in [-0.15, -0.1) is 0 Å². The van der Waals surface area contributed by atoms with Gasteiger partial charge in [0.05, 0.1) is 30.4 Å². The zero-order chi connectivity index (χ0) is 35.3. The van der Waals surface area contributed by atoms with Gasteiger partial charge in [0.15, 0.2) is 22.2 Å². The van der Waals surface area contributed by atoms with Gasteiger partial charge in [0, 0.05) is 37.8 Å². The fourth-order valence-corrected chi connectivity index (χ4v) is 7.62. The second-order valence-corrected chi connectivity index (χ2v) is 14.8. The third kappa shape index (κ3) is 8.85. The van der Waals surface area contributed by atoms with Crippen LogP contribution >= 0.6 is 0 Å². The van der Waals surface area contributed by atoms with Crippen molar-refractivity contribution in [2.24, 2.45) is 5.92 Å². The predicted octanol–water partition coefficient (Wildman–Crippen LogP) is 4.75. The summed E-state index contributed by atoms with van der Waals surface area (Å²) in [5, 5.41) is 14.0. The van der Waals surface area contributed by atoms with E-state index in [1.54, 1.807) is 30.9 Å². The first kappa shape index (κ1) is 36.4. The monoisotopic (exact) mass is 700 g/mol. The summed E-state index contributed by atoms with van der Waals surface area (Å²) in [6.45, 7) is 10.9. The zero-order valence-electron chi connectivity index (χ0n) is 29.1. The molecular formula is C35H48N4O9S. The van der Waals surface area contributed by atoms with Gasteiger partial charge in [-0.25, -0.2) is 8.42 Å². The first-order valence-electron chi connectivity index (χ1n) is 16.7. The summed E-state index contributed by atoms with van der Waals surface area (Å²) < 4.78 is 58.1. The smallest absolute Gasteiger partial charge is 0.267 e. The molecular weight excluding hydrogens is 652 g/mol. The molecule has 49 heavy (non-hydrogen) atoms. The van der Waals surface area contributed by atoms with Crippen LogP contribution in [0.5, 0.6) is 17.2 Å². The van der Waals surface area contributed by atoms with Crippen molar-refractivity contribution in [1.29, 1.82) is 0 Å². The van der Waals surface area contributed by atoms with Crippen molar-refractivity contribution in [2.75, 3.05) is 44.9 Å². The Morgan fingerprint density at radius 3 is 2.57 bits per heavy atom. The first-order valence-corrected chi connectivity index (χ1v) is 18.2. The molecule has 0 fully saturated rings. The molecule has 2 aromatic carbocycles. The summed E-state index contributed by atoms with van der Waals surface area (Å²) in [6, 6.07) is 10.1. The number of nitrogens with one attached hydrogen (secondary N) is 1. The lowest BCUT2D eigenvalue weighted by Gasteiger charge is -2.36. The minimum atomic E-state index is -4.07. The number of benzene rings is 2. The lowest BCUT2D eigenvalue weighted by molar-refractivity contribution is -0.0177. The van der Waals surface area contributed by atoms with Crippen LogP contribution in [0.3, 0.4) is 0 Å². The number of rotatable bonds is 9. The highest BCUT2D eigenvalue weighted by Gasteiger charge is 2.31. The number of aryl methyl sites for hydroxylation is 2. The molecule has 0 unspecified atom stereocenters. The number of likely N-dealkylation sites (N-methyl/N-ethyl adjacent to an activating group) is 1. The summed E-state index contributed by atoms with van der Waals surface area (Å²) in [6.07, 6.45) is 2.00. The Labute approximate surface area is 288 Å². The highest BCUT2D eigenvalue weighted by molar-refractivity contribution is 7.92. The molecule has 0 saturated carbocycles. The first-order chi connectivity index (χ1) is 23.4. The molecule has 2 aliphatic rings. The number of aromatic nitrogens is 1. The number of anilines is 1. The van der Waals surface area contributed by atoms with Crippen LogP contribution in [0.2, 0.25) is 0 Å². The number of amides is 1. The van der Waals surface area contributed by atoms with Gasteiger partial charge in [-0.05, 0) is 89.9 Å². The molecule has 0 saturated heterocycles. The number of carbonyl (C=O) groups excluding carboxylic acids is 1. The molecule has 2 aliphatic heterocycles. The van der Waals surface area contributed by atoms with Crippen molar-refractivity contribution >= 4 is 21.6 Å². The number of carbonyl (C=O) groups is 1. The van der Waals surface area contributed by atoms with E-state index in [0.29, 0.717) is 25.4 Å². The molecule has 0 aliphatic carbocycles. The summed E-state index contributed by atoms with van der Waals surface area (Å²) in [5.41, 5.74) is 1.68. The molecule has 3 heterocycles. The van der Waals surface area contributed by atoms with Gasteiger partial charge in [-0.2, -0.15) is 0 Å². The Hall–Kier alpha value is -3.85. The number of nitrogens with zero attached hydrogens (tertiary/aromatic N) is 3. The maximum Gasteiger partial charge on any atom is 0.267 e. The molecule has 0 radical (unpaired) electrons. The van der Waals surface area contributed by atoms with Gasteiger partial charge in [-0.1, -0.05) is 18.1 Å². The summed E-state index contributed by atoms with van der Waals surface area (Å²) >= 11 is 0. The van der Waals surface area contributed by atoms with Gasteiger partial charge in [0.25, 0.3) is 15.9 Å².